The first-order valence-electron chi connectivity index (χ1n) is 20.7. The Balaban J connectivity index is 1.21. The van der Waals surface area contributed by atoms with E-state index < -0.39 is 41.6 Å². The van der Waals surface area contributed by atoms with E-state index in [0.717, 1.165) is 0 Å². The van der Waals surface area contributed by atoms with Crippen molar-refractivity contribution in [1.82, 2.24) is 16.0 Å². The molecule has 0 bridgehead atoms. The second-order valence-electron chi connectivity index (χ2n) is 16.0. The number of carbonyl (C=O) groups excluding carboxylic acids is 3. The number of methoxy groups -OCH3 is 1. The minimum Gasteiger partial charge on any atom is -0.508 e. The molecule has 0 aromatic heterocycles. The van der Waals surface area contributed by atoms with E-state index in [4.69, 9.17) is 18.6 Å². The average Bonchev–Trinajstić information content (AvgIpc) is 3.26. The van der Waals surface area contributed by atoms with Crippen molar-refractivity contribution < 1.29 is 53.1 Å². The van der Waals surface area contributed by atoms with Crippen molar-refractivity contribution in [3.8, 4) is 39.7 Å². The highest BCUT2D eigenvalue weighted by atomic mass is 16.6. The number of ether oxygens (including phenoxy) is 3. The smallest absolute Gasteiger partial charge is 0.408 e. The van der Waals surface area contributed by atoms with Gasteiger partial charge in [0.1, 0.15) is 40.2 Å². The van der Waals surface area contributed by atoms with Crippen molar-refractivity contribution in [3.05, 3.63) is 135 Å². The summed E-state index contributed by atoms with van der Waals surface area (Å²) in [4.78, 5) is 65.7. The molecule has 6 rings (SSSR count). The zero-order chi connectivity index (χ0) is 46.1. The van der Waals surface area contributed by atoms with Crippen molar-refractivity contribution in [2.45, 2.75) is 71.2 Å². The lowest BCUT2D eigenvalue weighted by Gasteiger charge is -2.27. The fraction of sp³-hybridized carbons (Fsp3) is 0.286. The predicted molar refractivity (Wildman–Crippen MR) is 239 cm³/mol. The van der Waals surface area contributed by atoms with Gasteiger partial charge in [-0.05, 0) is 136 Å². The molecule has 1 heterocycles. The van der Waals surface area contributed by atoms with Gasteiger partial charge in [-0.2, -0.15) is 0 Å². The minimum atomic E-state index is -1.24. The van der Waals surface area contributed by atoms with Crippen molar-refractivity contribution in [2.24, 2.45) is 0 Å². The number of rotatable bonds is 17. The summed E-state index contributed by atoms with van der Waals surface area (Å²) in [5.74, 6) is -1.03. The Kier molecular flexibility index (Phi) is 14.6. The Morgan fingerprint density at radius 2 is 1.58 bits per heavy atom. The summed E-state index contributed by atoms with van der Waals surface area (Å²) in [6.07, 6.45) is 0.120. The molecule has 64 heavy (non-hydrogen) atoms. The lowest BCUT2D eigenvalue weighted by Crippen LogP contribution is -2.49. The molecule has 0 saturated heterocycles. The first-order valence-corrected chi connectivity index (χ1v) is 20.7. The average molecular weight is 874 g/mol. The number of amides is 3. The number of alkyl carbamates (subject to hydrolysis) is 1. The topological polar surface area (TPSA) is 223 Å². The normalized spacial score (nSPS) is 12.3. The molecule has 0 radical (unpaired) electrons. The molecule has 1 aliphatic carbocycles. The number of carboxylic acids is 1. The Bertz CT molecular complexity index is 2690. The first-order chi connectivity index (χ1) is 30.6. The molecule has 6 N–H and O–H groups in total. The molecule has 15 nitrogen and oxygen atoms in total. The standard InChI is InChI=1S/C49H51N3O12/c1-6-62-33-15-10-28(11-16-33)44(35-21-17-34(61-5)23-30(35)27-53)52-46(57)40(51-48(60)64-49(2,3)4)9-7-8-22-50-45(56)29-12-18-36(47(58)59)39(24-29)43-37-19-13-31(54)25-41(37)63-42-26-32(55)14-20-38(42)43/h10-21,23-26,40,44,53-54H,6-9,22,27H2,1-5H3,(H,50,56)(H,51,60)(H,52,57)(H,58,59)/t40-,44?/m1/s1. The molecule has 1 unspecified atom stereocenters. The number of aromatic hydroxyl groups is 1. The summed E-state index contributed by atoms with van der Waals surface area (Å²) in [6, 6.07) is 23.2. The number of aliphatic hydroxyl groups excluding tert-OH is 1. The minimum absolute atomic E-state index is 0.0997. The Morgan fingerprint density at radius 1 is 0.828 bits per heavy atom. The molecular formula is C49H51N3O12. The quantitative estimate of drug-likeness (QED) is 0.0386. The largest absolute Gasteiger partial charge is 0.508 e. The number of benzene rings is 5. The summed E-state index contributed by atoms with van der Waals surface area (Å²) < 4.78 is 22.4. The molecule has 2 aliphatic rings. The van der Waals surface area contributed by atoms with Crippen LogP contribution in [-0.4, -0.2) is 71.1 Å². The van der Waals surface area contributed by atoms with Gasteiger partial charge in [0.25, 0.3) is 5.91 Å². The second-order valence-corrected chi connectivity index (χ2v) is 16.0. The van der Waals surface area contributed by atoms with E-state index in [1.807, 2.05) is 19.1 Å². The number of hydrogen-bond donors (Lipinski definition) is 6. The van der Waals surface area contributed by atoms with Crippen LogP contribution in [0.3, 0.4) is 0 Å². The van der Waals surface area contributed by atoms with Crippen molar-refractivity contribution in [1.29, 1.82) is 0 Å². The van der Waals surface area contributed by atoms with E-state index in [9.17, 15) is 39.3 Å². The Labute approximate surface area is 369 Å². The van der Waals surface area contributed by atoms with Gasteiger partial charge in [-0.1, -0.05) is 18.2 Å². The van der Waals surface area contributed by atoms with E-state index in [2.05, 4.69) is 16.0 Å². The maximum absolute atomic E-state index is 14.2. The molecule has 0 spiro atoms. The number of carbonyl (C=O) groups is 4. The summed E-state index contributed by atoms with van der Waals surface area (Å²) >= 11 is 0. The van der Waals surface area contributed by atoms with Crippen LogP contribution in [0.2, 0.25) is 0 Å². The third kappa shape index (κ3) is 11.2. The summed E-state index contributed by atoms with van der Waals surface area (Å²) in [7, 11) is 1.52. The number of fused-ring (bicyclic) bond motifs is 2. The Hall–Kier alpha value is -7.39. The number of hydrogen-bond acceptors (Lipinski definition) is 11. The highest BCUT2D eigenvalue weighted by Gasteiger charge is 2.29. The van der Waals surface area contributed by atoms with Crippen molar-refractivity contribution >= 4 is 34.8 Å². The third-order valence-corrected chi connectivity index (χ3v) is 10.3. The summed E-state index contributed by atoms with van der Waals surface area (Å²) in [6.45, 7) is 7.29. The Morgan fingerprint density at radius 3 is 2.27 bits per heavy atom. The zero-order valence-corrected chi connectivity index (χ0v) is 36.2. The van der Waals surface area contributed by atoms with E-state index in [1.165, 1.54) is 55.6 Å². The number of carboxylic acid groups (broad SMARTS) is 1. The lowest BCUT2D eigenvalue weighted by molar-refractivity contribution is -0.124. The number of phenolic OH excluding ortho intramolecular Hbond substituents is 1. The van der Waals surface area contributed by atoms with Gasteiger partial charge >= 0.3 is 12.1 Å². The van der Waals surface area contributed by atoms with Gasteiger partial charge in [0, 0.05) is 40.8 Å². The van der Waals surface area contributed by atoms with Crippen LogP contribution in [0.15, 0.2) is 106 Å². The summed E-state index contributed by atoms with van der Waals surface area (Å²) in [5.41, 5.74) is 1.93. The van der Waals surface area contributed by atoms with Gasteiger partial charge in [0.05, 0.1) is 31.9 Å². The zero-order valence-electron chi connectivity index (χ0n) is 36.2. The predicted octanol–water partition coefficient (Wildman–Crippen LogP) is 7.57. The van der Waals surface area contributed by atoms with Crippen LogP contribution in [0.5, 0.6) is 17.2 Å². The lowest BCUT2D eigenvalue weighted by atomic mass is 9.89. The maximum Gasteiger partial charge on any atom is 0.408 e. The highest BCUT2D eigenvalue weighted by molar-refractivity contribution is 6.09. The molecular weight excluding hydrogens is 823 g/mol. The number of unbranched alkanes of at least 4 members (excludes halogenated alkanes) is 1. The highest BCUT2D eigenvalue weighted by Crippen LogP contribution is 2.42. The van der Waals surface area contributed by atoms with Gasteiger partial charge in [-0.25, -0.2) is 9.59 Å². The number of aliphatic hydroxyl groups is 1. The van der Waals surface area contributed by atoms with E-state index >= 15 is 0 Å². The van der Waals surface area contributed by atoms with Gasteiger partial charge in [-0.3, -0.25) is 14.4 Å². The van der Waals surface area contributed by atoms with Crippen LogP contribution in [0.1, 0.15) is 90.4 Å². The number of nitrogens with one attached hydrogen (secondary N) is 3. The fourth-order valence-electron chi connectivity index (χ4n) is 7.36. The van der Waals surface area contributed by atoms with E-state index in [0.29, 0.717) is 64.2 Å². The summed E-state index contributed by atoms with van der Waals surface area (Å²) in [5, 5.41) is 39.9. The molecule has 0 fully saturated rings. The SMILES string of the molecule is CCOc1ccc(C(NC(=O)[C@@H](CCCCNC(=O)c2ccc(C(=O)O)c(-c3c4ccc(=O)cc-4oc4cc(O)ccc34)c2)NC(=O)OC(C)(C)C)c2ccc(OC)cc2CO)cc1. The monoisotopic (exact) mass is 873 g/mol. The second kappa shape index (κ2) is 20.2. The maximum atomic E-state index is 14.2. The van der Waals surface area contributed by atoms with Crippen LogP contribution in [-0.2, 0) is 16.1 Å². The fourth-order valence-corrected chi connectivity index (χ4v) is 7.36. The molecule has 1 aliphatic heterocycles. The first kappa shape index (κ1) is 46.1. The van der Waals surface area contributed by atoms with Crippen LogP contribution in [0, 0.1) is 0 Å². The van der Waals surface area contributed by atoms with Gasteiger partial charge < -0.3 is 49.9 Å². The molecule has 4 aromatic carbocycles. The van der Waals surface area contributed by atoms with Crippen molar-refractivity contribution in [2.75, 3.05) is 20.3 Å². The number of aromatic carboxylic acids is 1. The van der Waals surface area contributed by atoms with Gasteiger partial charge in [0.15, 0.2) is 5.43 Å². The van der Waals surface area contributed by atoms with Crippen LogP contribution in [0.25, 0.3) is 33.4 Å². The van der Waals surface area contributed by atoms with Crippen LogP contribution in [0.4, 0.5) is 4.79 Å². The number of phenols is 1. The molecule has 4 aromatic rings. The molecule has 334 valence electrons. The molecule has 15 heteroatoms. The molecule has 3 amide bonds. The van der Waals surface area contributed by atoms with Gasteiger partial charge in [-0.15, -0.1) is 0 Å². The van der Waals surface area contributed by atoms with Crippen LogP contribution >= 0.6 is 0 Å². The van der Waals surface area contributed by atoms with E-state index in [1.54, 1.807) is 57.2 Å². The van der Waals surface area contributed by atoms with Gasteiger partial charge in [0.2, 0.25) is 5.91 Å². The molecule has 0 saturated carbocycles. The third-order valence-electron chi connectivity index (χ3n) is 10.3. The van der Waals surface area contributed by atoms with E-state index in [-0.39, 0.29) is 58.8 Å². The molecule has 2 atom stereocenters. The van der Waals surface area contributed by atoms with Crippen LogP contribution < -0.4 is 30.9 Å². The van der Waals surface area contributed by atoms with Crippen molar-refractivity contribution in [3.63, 3.8) is 0 Å².